The van der Waals surface area contributed by atoms with Crippen molar-refractivity contribution in [2.75, 3.05) is 13.2 Å². The van der Waals surface area contributed by atoms with Crippen molar-refractivity contribution >= 4 is 18.4 Å². The van der Waals surface area contributed by atoms with Gasteiger partial charge in [0.05, 0.1) is 24.4 Å². The summed E-state index contributed by atoms with van der Waals surface area (Å²) in [6, 6.07) is 19.4. The maximum Gasteiger partial charge on any atom is 0.494 e. The Kier molecular flexibility index (Phi) is 6.45. The summed E-state index contributed by atoms with van der Waals surface area (Å²) in [6.07, 6.45) is 2.20. The van der Waals surface area contributed by atoms with Gasteiger partial charge in [-0.05, 0) is 57.1 Å². The average molecular weight is 461 g/mol. The van der Waals surface area contributed by atoms with Gasteiger partial charge in [0.1, 0.15) is 5.78 Å². The molecule has 0 radical (unpaired) electrons. The molecule has 2 unspecified atom stereocenters. The van der Waals surface area contributed by atoms with Crippen LogP contribution >= 0.6 is 0 Å². The number of ketones is 1. The lowest BCUT2D eigenvalue weighted by Crippen LogP contribution is -2.57. The van der Waals surface area contributed by atoms with Gasteiger partial charge in [-0.15, -0.1) is 0 Å². The van der Waals surface area contributed by atoms with Crippen LogP contribution in [-0.4, -0.2) is 54.3 Å². The Bertz CT molecular complexity index is 994. The third-order valence-corrected chi connectivity index (χ3v) is 8.19. The minimum atomic E-state index is -0.405. The molecule has 0 saturated carbocycles. The summed E-state index contributed by atoms with van der Waals surface area (Å²) in [5, 5.41) is 0. The Labute approximate surface area is 203 Å². The topological polar surface area (TPSA) is 48.0 Å². The molecule has 0 aliphatic carbocycles. The molecule has 0 aromatic heterocycles. The van der Waals surface area contributed by atoms with Gasteiger partial charge in [0.2, 0.25) is 0 Å². The monoisotopic (exact) mass is 461 g/mol. The highest BCUT2D eigenvalue weighted by molar-refractivity contribution is 6.62. The molecule has 2 bridgehead atoms. The zero-order chi connectivity index (χ0) is 23.9. The molecule has 6 heteroatoms. The van der Waals surface area contributed by atoms with Gasteiger partial charge in [0.15, 0.2) is 0 Å². The molecule has 3 aliphatic rings. The number of nitrogens with zero attached hydrogens (tertiary/aromatic N) is 1. The van der Waals surface area contributed by atoms with Gasteiger partial charge in [-0.25, -0.2) is 0 Å². The lowest BCUT2D eigenvalue weighted by atomic mass is 9.77. The van der Waals surface area contributed by atoms with Gasteiger partial charge in [0.25, 0.3) is 0 Å². The highest BCUT2D eigenvalue weighted by atomic mass is 16.7. The van der Waals surface area contributed by atoms with E-state index in [9.17, 15) is 4.79 Å². The van der Waals surface area contributed by atoms with Crippen LogP contribution in [0.5, 0.6) is 0 Å². The second-order valence-corrected chi connectivity index (χ2v) is 11.1. The van der Waals surface area contributed by atoms with E-state index in [1.165, 1.54) is 5.56 Å². The molecule has 0 amide bonds. The number of hydrogen-bond acceptors (Lipinski definition) is 5. The standard InChI is InChI=1S/C28H36BNO4/c1-27(2)28(3,4)34-29(33-27)23-12-8-11-21(13-23)14-26(31)22-15-24-18-32-19-25(16-22)30(24)17-20-9-6-5-7-10-20/h5-13,22,24-25H,14-19H2,1-4H3. The third-order valence-electron chi connectivity index (χ3n) is 8.19. The summed E-state index contributed by atoms with van der Waals surface area (Å²) < 4.78 is 18.3. The molecule has 0 spiro atoms. The number of benzene rings is 2. The fraction of sp³-hybridized carbons (Fsp3) is 0.536. The van der Waals surface area contributed by atoms with E-state index in [1.807, 2.05) is 18.2 Å². The Morgan fingerprint density at radius 2 is 1.53 bits per heavy atom. The van der Waals surface area contributed by atoms with E-state index < -0.39 is 7.12 Å². The van der Waals surface area contributed by atoms with Crippen molar-refractivity contribution < 1.29 is 18.8 Å². The van der Waals surface area contributed by atoms with Gasteiger partial charge < -0.3 is 14.0 Å². The van der Waals surface area contributed by atoms with Crippen LogP contribution in [0.15, 0.2) is 54.6 Å². The maximum atomic E-state index is 13.4. The minimum Gasteiger partial charge on any atom is -0.399 e. The van der Waals surface area contributed by atoms with E-state index in [2.05, 4.69) is 69.0 Å². The van der Waals surface area contributed by atoms with Gasteiger partial charge >= 0.3 is 7.12 Å². The van der Waals surface area contributed by atoms with E-state index in [-0.39, 0.29) is 17.1 Å². The molecule has 180 valence electrons. The lowest BCUT2D eigenvalue weighted by Gasteiger charge is -2.48. The van der Waals surface area contributed by atoms with E-state index in [0.717, 1.165) is 30.4 Å². The molecule has 3 heterocycles. The van der Waals surface area contributed by atoms with Crippen molar-refractivity contribution in [3.63, 3.8) is 0 Å². The van der Waals surface area contributed by atoms with Crippen LogP contribution in [0.2, 0.25) is 0 Å². The number of fused-ring (bicyclic) bond motifs is 2. The Hall–Kier alpha value is -1.99. The smallest absolute Gasteiger partial charge is 0.399 e. The van der Waals surface area contributed by atoms with Crippen molar-refractivity contribution in [1.29, 1.82) is 0 Å². The second-order valence-electron chi connectivity index (χ2n) is 11.1. The number of morpholine rings is 1. The second kappa shape index (κ2) is 9.23. The van der Waals surface area contributed by atoms with Gasteiger partial charge in [-0.2, -0.15) is 0 Å². The number of hydrogen-bond donors (Lipinski definition) is 0. The molecule has 34 heavy (non-hydrogen) atoms. The molecular formula is C28H36BNO4. The molecule has 5 nitrogen and oxygen atoms in total. The Morgan fingerprint density at radius 1 is 0.912 bits per heavy atom. The summed E-state index contributed by atoms with van der Waals surface area (Å²) in [7, 11) is -0.405. The van der Waals surface area contributed by atoms with Gasteiger partial charge in [0, 0.05) is 31.0 Å². The summed E-state index contributed by atoms with van der Waals surface area (Å²) in [6.45, 7) is 10.6. The maximum absolute atomic E-state index is 13.4. The van der Waals surface area contributed by atoms with Gasteiger partial charge in [-0.1, -0.05) is 54.6 Å². The first kappa shape index (κ1) is 23.7. The van der Waals surface area contributed by atoms with Crippen LogP contribution < -0.4 is 5.46 Å². The van der Waals surface area contributed by atoms with E-state index in [4.69, 9.17) is 14.0 Å². The fourth-order valence-electron chi connectivity index (χ4n) is 5.48. The van der Waals surface area contributed by atoms with Crippen LogP contribution in [0.4, 0.5) is 0 Å². The van der Waals surface area contributed by atoms with Crippen LogP contribution in [0.1, 0.15) is 51.7 Å². The number of ether oxygens (including phenoxy) is 1. The van der Waals surface area contributed by atoms with E-state index in [1.54, 1.807) is 0 Å². The minimum absolute atomic E-state index is 0.0893. The van der Waals surface area contributed by atoms with E-state index in [0.29, 0.717) is 37.5 Å². The lowest BCUT2D eigenvalue weighted by molar-refractivity contribution is -0.133. The zero-order valence-corrected chi connectivity index (χ0v) is 20.8. The normalized spacial score (nSPS) is 28.1. The van der Waals surface area contributed by atoms with Crippen LogP contribution in [0, 0.1) is 5.92 Å². The van der Waals surface area contributed by atoms with Crippen molar-refractivity contribution in [2.24, 2.45) is 5.92 Å². The SMILES string of the molecule is CC1(C)OB(c2cccc(CC(=O)C3CC4COCC(C3)N4Cc3ccccc3)c2)OC1(C)C. The molecule has 2 aromatic rings. The van der Waals surface area contributed by atoms with Crippen molar-refractivity contribution in [1.82, 2.24) is 4.90 Å². The number of piperidine rings is 1. The molecular weight excluding hydrogens is 425 g/mol. The van der Waals surface area contributed by atoms with Crippen molar-refractivity contribution in [3.05, 3.63) is 65.7 Å². The highest BCUT2D eigenvalue weighted by Gasteiger charge is 2.51. The van der Waals surface area contributed by atoms with Crippen molar-refractivity contribution in [2.45, 2.75) is 76.8 Å². The fourth-order valence-corrected chi connectivity index (χ4v) is 5.48. The zero-order valence-electron chi connectivity index (χ0n) is 20.8. The quantitative estimate of drug-likeness (QED) is 0.613. The summed E-state index contributed by atoms with van der Waals surface area (Å²) >= 11 is 0. The molecule has 5 rings (SSSR count). The molecule has 2 atom stereocenters. The highest BCUT2D eigenvalue weighted by Crippen LogP contribution is 2.37. The molecule has 3 fully saturated rings. The predicted molar refractivity (Wildman–Crippen MR) is 134 cm³/mol. The molecule has 3 aliphatic heterocycles. The number of carbonyl (C=O) groups is 1. The molecule has 0 N–H and O–H groups in total. The number of carbonyl (C=O) groups excluding carboxylic acids is 1. The Balaban J connectivity index is 1.24. The first-order valence-electron chi connectivity index (χ1n) is 12.6. The van der Waals surface area contributed by atoms with E-state index >= 15 is 0 Å². The predicted octanol–water partition coefficient (Wildman–Crippen LogP) is 3.78. The Morgan fingerprint density at radius 3 is 2.18 bits per heavy atom. The third kappa shape index (κ3) is 4.74. The largest absolute Gasteiger partial charge is 0.494 e. The molecule has 2 aromatic carbocycles. The van der Waals surface area contributed by atoms with Crippen LogP contribution in [-0.2, 0) is 31.8 Å². The summed E-state index contributed by atoms with van der Waals surface area (Å²) in [4.78, 5) is 15.9. The number of Topliss-reactive ketones (excluding diaryl/α,β-unsaturated/α-hetero) is 1. The first-order valence-corrected chi connectivity index (χ1v) is 12.6. The van der Waals surface area contributed by atoms with Crippen LogP contribution in [0.25, 0.3) is 0 Å². The average Bonchev–Trinajstić information content (AvgIpc) is 3.01. The van der Waals surface area contributed by atoms with Crippen LogP contribution in [0.3, 0.4) is 0 Å². The first-order chi connectivity index (χ1) is 16.2. The summed E-state index contributed by atoms with van der Waals surface area (Å²) in [5.41, 5.74) is 2.58. The summed E-state index contributed by atoms with van der Waals surface area (Å²) in [5.74, 6) is 0.425. The number of rotatable bonds is 6. The van der Waals surface area contributed by atoms with Crippen molar-refractivity contribution in [3.8, 4) is 0 Å². The van der Waals surface area contributed by atoms with Gasteiger partial charge in [-0.3, -0.25) is 9.69 Å². The molecule has 3 saturated heterocycles.